The Hall–Kier alpha value is -1.20. The van der Waals surface area contributed by atoms with Crippen molar-refractivity contribution in [1.29, 1.82) is 5.26 Å². The molecule has 1 unspecified atom stereocenters. The predicted octanol–water partition coefficient (Wildman–Crippen LogP) is 2.62. The van der Waals surface area contributed by atoms with Gasteiger partial charge < -0.3 is 4.74 Å². The summed E-state index contributed by atoms with van der Waals surface area (Å²) in [6, 6.07) is 9.84. The van der Waals surface area contributed by atoms with Crippen molar-refractivity contribution >= 4 is 11.6 Å². The van der Waals surface area contributed by atoms with Crippen molar-refractivity contribution < 1.29 is 4.74 Å². The predicted molar refractivity (Wildman–Crippen MR) is 56.5 cm³/mol. The zero-order valence-electron chi connectivity index (χ0n) is 8.03. The van der Waals surface area contributed by atoms with Crippen molar-refractivity contribution in [2.45, 2.75) is 6.42 Å². The molecule has 0 amide bonds. The lowest BCUT2D eigenvalue weighted by atomic mass is 10.0. The summed E-state index contributed by atoms with van der Waals surface area (Å²) >= 11 is 5.65. The van der Waals surface area contributed by atoms with Gasteiger partial charge in [-0.2, -0.15) is 5.26 Å². The fourth-order valence-corrected chi connectivity index (χ4v) is 1.45. The van der Waals surface area contributed by atoms with Crippen molar-refractivity contribution in [2.24, 2.45) is 5.92 Å². The molecule has 1 aromatic carbocycles. The maximum atomic E-state index is 8.78. The summed E-state index contributed by atoms with van der Waals surface area (Å²) in [5.41, 5.74) is 1.03. The molecule has 0 aromatic heterocycles. The minimum atomic E-state index is -0.145. The molecule has 0 N–H and O–H groups in total. The minimum absolute atomic E-state index is 0.145. The van der Waals surface area contributed by atoms with E-state index in [4.69, 9.17) is 21.6 Å². The highest BCUT2D eigenvalue weighted by atomic mass is 35.5. The molecule has 2 nitrogen and oxygen atoms in total. The average molecular weight is 210 g/mol. The second-order valence-electron chi connectivity index (χ2n) is 3.00. The summed E-state index contributed by atoms with van der Waals surface area (Å²) in [7, 11) is 1.63. The number of hydrogen-bond donors (Lipinski definition) is 0. The first-order chi connectivity index (χ1) is 6.81. The highest BCUT2D eigenvalue weighted by Gasteiger charge is 2.10. The van der Waals surface area contributed by atoms with Crippen molar-refractivity contribution in [3.05, 3.63) is 29.8 Å². The van der Waals surface area contributed by atoms with Gasteiger partial charge in [0.15, 0.2) is 0 Å². The number of para-hydroxylation sites is 1. The largest absolute Gasteiger partial charge is 0.496 e. The Morgan fingerprint density at radius 2 is 2.21 bits per heavy atom. The molecule has 14 heavy (non-hydrogen) atoms. The van der Waals surface area contributed by atoms with Crippen LogP contribution in [0, 0.1) is 17.2 Å². The molecule has 0 radical (unpaired) electrons. The number of methoxy groups -OCH3 is 1. The summed E-state index contributed by atoms with van der Waals surface area (Å²) in [6.07, 6.45) is 0.643. The lowest BCUT2D eigenvalue weighted by molar-refractivity contribution is 0.408. The number of rotatable bonds is 4. The number of halogens is 1. The first-order valence-corrected chi connectivity index (χ1v) is 4.92. The third kappa shape index (κ3) is 2.65. The maximum Gasteiger partial charge on any atom is 0.122 e. The van der Waals surface area contributed by atoms with Crippen LogP contribution in [0.1, 0.15) is 5.56 Å². The van der Waals surface area contributed by atoms with Crippen molar-refractivity contribution in [3.63, 3.8) is 0 Å². The molecule has 0 spiro atoms. The van der Waals surface area contributed by atoms with Gasteiger partial charge in [-0.1, -0.05) is 18.2 Å². The second kappa shape index (κ2) is 5.51. The van der Waals surface area contributed by atoms with E-state index >= 15 is 0 Å². The number of benzene rings is 1. The van der Waals surface area contributed by atoms with Gasteiger partial charge in [-0.25, -0.2) is 0 Å². The van der Waals surface area contributed by atoms with Crippen LogP contribution in [0.15, 0.2) is 24.3 Å². The monoisotopic (exact) mass is 209 g/mol. The molecule has 0 aliphatic heterocycles. The number of ether oxygens (including phenoxy) is 1. The Balaban J connectivity index is 2.80. The molecule has 0 heterocycles. The molecule has 0 bridgehead atoms. The van der Waals surface area contributed by atoms with Crippen LogP contribution in [-0.2, 0) is 6.42 Å². The van der Waals surface area contributed by atoms with E-state index in [0.29, 0.717) is 12.3 Å². The number of hydrogen-bond acceptors (Lipinski definition) is 2. The minimum Gasteiger partial charge on any atom is -0.496 e. The molecule has 1 aromatic rings. The van der Waals surface area contributed by atoms with Gasteiger partial charge >= 0.3 is 0 Å². The number of nitrogens with zero attached hydrogens (tertiary/aromatic N) is 1. The molecule has 1 atom stereocenters. The summed E-state index contributed by atoms with van der Waals surface area (Å²) in [5.74, 6) is 1.03. The van der Waals surface area contributed by atoms with Crippen molar-refractivity contribution in [2.75, 3.05) is 13.0 Å². The quantitative estimate of drug-likeness (QED) is 0.715. The Bertz CT molecular complexity index is 332. The molecular formula is C11H12ClNO. The van der Waals surface area contributed by atoms with Crippen LogP contribution < -0.4 is 4.74 Å². The van der Waals surface area contributed by atoms with E-state index in [1.807, 2.05) is 24.3 Å². The smallest absolute Gasteiger partial charge is 0.122 e. The van der Waals surface area contributed by atoms with Gasteiger partial charge in [-0.3, -0.25) is 0 Å². The van der Waals surface area contributed by atoms with E-state index < -0.39 is 0 Å². The van der Waals surface area contributed by atoms with Crippen LogP contribution in [0.25, 0.3) is 0 Å². The van der Waals surface area contributed by atoms with Crippen molar-refractivity contribution in [1.82, 2.24) is 0 Å². The van der Waals surface area contributed by atoms with E-state index in [2.05, 4.69) is 6.07 Å². The molecule has 0 saturated heterocycles. The molecule has 0 aliphatic carbocycles. The summed E-state index contributed by atoms with van der Waals surface area (Å²) in [5, 5.41) is 8.78. The van der Waals surface area contributed by atoms with Crippen LogP contribution in [-0.4, -0.2) is 13.0 Å². The Kier molecular flexibility index (Phi) is 4.28. The molecule has 74 valence electrons. The maximum absolute atomic E-state index is 8.78. The number of alkyl halides is 1. The normalized spacial score (nSPS) is 11.8. The molecular weight excluding hydrogens is 198 g/mol. The SMILES string of the molecule is COc1ccccc1CC(C#N)CCl. The van der Waals surface area contributed by atoms with Gasteiger partial charge in [0, 0.05) is 5.88 Å². The molecule has 3 heteroatoms. The van der Waals surface area contributed by atoms with E-state index in [9.17, 15) is 0 Å². The van der Waals surface area contributed by atoms with Crippen LogP contribution >= 0.6 is 11.6 Å². The molecule has 0 saturated carbocycles. The Morgan fingerprint density at radius 1 is 1.50 bits per heavy atom. The van der Waals surface area contributed by atoms with Gasteiger partial charge in [0.25, 0.3) is 0 Å². The molecule has 0 fully saturated rings. The van der Waals surface area contributed by atoms with E-state index in [0.717, 1.165) is 11.3 Å². The standard InChI is InChI=1S/C11H12ClNO/c1-14-11-5-3-2-4-10(11)6-9(7-12)8-13/h2-5,9H,6-7H2,1H3. The van der Waals surface area contributed by atoms with Gasteiger partial charge in [-0.05, 0) is 18.1 Å². The number of nitriles is 1. The van der Waals surface area contributed by atoms with E-state index in [1.165, 1.54) is 0 Å². The highest BCUT2D eigenvalue weighted by molar-refractivity contribution is 6.18. The van der Waals surface area contributed by atoms with E-state index in [-0.39, 0.29) is 5.92 Å². The third-order valence-corrected chi connectivity index (χ3v) is 2.40. The lowest BCUT2D eigenvalue weighted by Gasteiger charge is -2.09. The van der Waals surface area contributed by atoms with Gasteiger partial charge in [-0.15, -0.1) is 11.6 Å². The Labute approximate surface area is 89.1 Å². The van der Waals surface area contributed by atoms with Gasteiger partial charge in [0.2, 0.25) is 0 Å². The molecule has 1 rings (SSSR count). The second-order valence-corrected chi connectivity index (χ2v) is 3.30. The van der Waals surface area contributed by atoms with Crippen LogP contribution in [0.4, 0.5) is 0 Å². The third-order valence-electron chi connectivity index (χ3n) is 2.03. The van der Waals surface area contributed by atoms with Gasteiger partial charge in [0.05, 0.1) is 19.1 Å². The zero-order chi connectivity index (χ0) is 10.4. The van der Waals surface area contributed by atoms with Crippen LogP contribution in [0.5, 0.6) is 5.75 Å². The van der Waals surface area contributed by atoms with E-state index in [1.54, 1.807) is 7.11 Å². The van der Waals surface area contributed by atoms with Crippen LogP contribution in [0.2, 0.25) is 0 Å². The first kappa shape index (κ1) is 10.9. The fraction of sp³-hybridized carbons (Fsp3) is 0.364. The zero-order valence-corrected chi connectivity index (χ0v) is 8.79. The topological polar surface area (TPSA) is 33.0 Å². The average Bonchev–Trinajstić information content (AvgIpc) is 2.26. The Morgan fingerprint density at radius 3 is 2.79 bits per heavy atom. The molecule has 0 aliphatic rings. The summed E-state index contributed by atoms with van der Waals surface area (Å²) < 4.78 is 5.18. The van der Waals surface area contributed by atoms with Crippen LogP contribution in [0.3, 0.4) is 0 Å². The summed E-state index contributed by atoms with van der Waals surface area (Å²) in [6.45, 7) is 0. The lowest BCUT2D eigenvalue weighted by Crippen LogP contribution is -2.04. The first-order valence-electron chi connectivity index (χ1n) is 4.39. The summed E-state index contributed by atoms with van der Waals surface area (Å²) in [4.78, 5) is 0. The van der Waals surface area contributed by atoms with Gasteiger partial charge in [0.1, 0.15) is 5.75 Å². The fourth-order valence-electron chi connectivity index (χ4n) is 1.27. The highest BCUT2D eigenvalue weighted by Crippen LogP contribution is 2.21. The van der Waals surface area contributed by atoms with Crippen molar-refractivity contribution in [3.8, 4) is 11.8 Å².